The second kappa shape index (κ2) is 6.77. The smallest absolute Gasteiger partial charge is 0.136 e. The van der Waals surface area contributed by atoms with Crippen LogP contribution in [0.1, 0.15) is 26.3 Å². The molecule has 0 aliphatic heterocycles. The van der Waals surface area contributed by atoms with Crippen molar-refractivity contribution in [1.82, 2.24) is 4.90 Å². The van der Waals surface area contributed by atoms with Gasteiger partial charge in [-0.2, -0.15) is 0 Å². The molecule has 0 saturated carbocycles. The van der Waals surface area contributed by atoms with E-state index in [-0.39, 0.29) is 23.6 Å². The van der Waals surface area contributed by atoms with Gasteiger partial charge >= 0.3 is 0 Å². The third-order valence-electron chi connectivity index (χ3n) is 2.91. The van der Waals surface area contributed by atoms with Crippen LogP contribution < -0.4 is 0 Å². The maximum Gasteiger partial charge on any atom is 0.136 e. The number of carbonyl (C=O) groups excluding carboxylic acids is 1. The summed E-state index contributed by atoms with van der Waals surface area (Å²) in [5.41, 5.74) is 1.02. The van der Waals surface area contributed by atoms with Crippen molar-refractivity contribution in [3.63, 3.8) is 0 Å². The van der Waals surface area contributed by atoms with E-state index in [4.69, 9.17) is 0 Å². The Morgan fingerprint density at radius 3 is 2.24 bits per heavy atom. The van der Waals surface area contributed by atoms with Gasteiger partial charge in [-0.15, -0.1) is 12.4 Å². The predicted molar refractivity (Wildman–Crippen MR) is 74.5 cm³/mol. The summed E-state index contributed by atoms with van der Waals surface area (Å²) in [5, 5.41) is 0. The van der Waals surface area contributed by atoms with Crippen molar-refractivity contribution in [1.29, 1.82) is 0 Å². The number of nitrogens with zero attached hydrogens (tertiary/aromatic N) is 1. The molecule has 0 spiro atoms. The molecular weight excluding hydrogens is 234 g/mol. The van der Waals surface area contributed by atoms with Gasteiger partial charge in [0.05, 0.1) is 0 Å². The van der Waals surface area contributed by atoms with E-state index in [2.05, 4.69) is 24.1 Å². The van der Waals surface area contributed by atoms with Crippen LogP contribution in [0.25, 0.3) is 0 Å². The van der Waals surface area contributed by atoms with Crippen molar-refractivity contribution in [2.45, 2.75) is 27.3 Å². The maximum atomic E-state index is 11.4. The van der Waals surface area contributed by atoms with Gasteiger partial charge in [-0.3, -0.25) is 4.79 Å². The average Bonchev–Trinajstić information content (AvgIpc) is 2.17. The summed E-state index contributed by atoms with van der Waals surface area (Å²) in [6.45, 7) is 7.33. The molecule has 0 heterocycles. The van der Waals surface area contributed by atoms with Crippen LogP contribution in [-0.2, 0) is 11.3 Å². The fourth-order valence-corrected chi connectivity index (χ4v) is 1.74. The molecule has 0 aromatic heterocycles. The third kappa shape index (κ3) is 5.33. The molecule has 0 aliphatic rings. The van der Waals surface area contributed by atoms with E-state index in [1.165, 1.54) is 5.56 Å². The zero-order chi connectivity index (χ0) is 12.2. The van der Waals surface area contributed by atoms with Crippen LogP contribution >= 0.6 is 12.4 Å². The van der Waals surface area contributed by atoms with E-state index in [0.29, 0.717) is 0 Å². The molecule has 3 heteroatoms. The predicted octanol–water partition coefficient (Wildman–Crippen LogP) is 3.16. The van der Waals surface area contributed by atoms with E-state index >= 15 is 0 Å². The lowest BCUT2D eigenvalue weighted by atomic mass is 9.88. The van der Waals surface area contributed by atoms with Gasteiger partial charge in [-0.1, -0.05) is 44.2 Å². The number of hydrogen-bond donors (Lipinski definition) is 0. The fourth-order valence-electron chi connectivity index (χ4n) is 1.74. The van der Waals surface area contributed by atoms with Gasteiger partial charge in [0.15, 0.2) is 0 Å². The first-order chi connectivity index (χ1) is 7.42. The van der Waals surface area contributed by atoms with Crippen LogP contribution in [0.3, 0.4) is 0 Å². The number of benzene rings is 1. The lowest BCUT2D eigenvalue weighted by Gasteiger charge is -2.28. The minimum Gasteiger partial charge on any atom is -0.301 e. The molecule has 1 aromatic carbocycles. The summed E-state index contributed by atoms with van der Waals surface area (Å²) in [6, 6.07) is 10.3. The molecule has 2 nitrogen and oxygen atoms in total. The summed E-state index contributed by atoms with van der Waals surface area (Å²) in [6.07, 6.45) is 0. The summed E-state index contributed by atoms with van der Waals surface area (Å²) in [4.78, 5) is 13.6. The number of ketones is 1. The first kappa shape index (κ1) is 16.1. The molecule has 0 amide bonds. The minimum atomic E-state index is -0.260. The quantitative estimate of drug-likeness (QED) is 0.806. The zero-order valence-electron chi connectivity index (χ0n) is 11.1. The van der Waals surface area contributed by atoms with Crippen LogP contribution in [0.5, 0.6) is 0 Å². The largest absolute Gasteiger partial charge is 0.301 e. The molecule has 1 rings (SSSR count). The van der Waals surface area contributed by atoms with Gasteiger partial charge in [0.1, 0.15) is 5.78 Å². The van der Waals surface area contributed by atoms with Gasteiger partial charge < -0.3 is 4.90 Å². The Kier molecular flexibility index (Phi) is 6.43. The SMILES string of the molecule is CC(=O)C(C)(C)CN(C)Cc1ccccc1.Cl. The van der Waals surface area contributed by atoms with E-state index in [9.17, 15) is 4.79 Å². The number of Topliss-reactive ketones (excluding diaryl/α,β-unsaturated/α-hetero) is 1. The number of halogens is 1. The summed E-state index contributed by atoms with van der Waals surface area (Å²) >= 11 is 0. The zero-order valence-corrected chi connectivity index (χ0v) is 11.9. The van der Waals surface area contributed by atoms with Crippen LogP contribution in [0.15, 0.2) is 30.3 Å². The molecule has 0 unspecified atom stereocenters. The van der Waals surface area contributed by atoms with Gasteiger partial charge in [0.25, 0.3) is 0 Å². The molecule has 0 atom stereocenters. The maximum absolute atomic E-state index is 11.4. The molecule has 96 valence electrons. The Balaban J connectivity index is 0.00000256. The van der Waals surface area contributed by atoms with Gasteiger partial charge in [0.2, 0.25) is 0 Å². The van der Waals surface area contributed by atoms with E-state index in [1.807, 2.05) is 32.0 Å². The normalized spacial score (nSPS) is 11.1. The van der Waals surface area contributed by atoms with Crippen LogP contribution in [0.4, 0.5) is 0 Å². The van der Waals surface area contributed by atoms with Crippen LogP contribution in [-0.4, -0.2) is 24.3 Å². The Morgan fingerprint density at radius 2 is 1.76 bits per heavy atom. The summed E-state index contributed by atoms with van der Waals surface area (Å²) in [5.74, 6) is 0.243. The van der Waals surface area contributed by atoms with Crippen molar-refractivity contribution in [2.24, 2.45) is 5.41 Å². The van der Waals surface area contributed by atoms with Crippen molar-refractivity contribution in [3.8, 4) is 0 Å². The molecule has 0 N–H and O–H groups in total. The molecule has 0 fully saturated rings. The molecule has 17 heavy (non-hydrogen) atoms. The minimum absolute atomic E-state index is 0. The van der Waals surface area contributed by atoms with Crippen molar-refractivity contribution in [3.05, 3.63) is 35.9 Å². The van der Waals surface area contributed by atoms with Gasteiger partial charge in [-0.05, 0) is 19.5 Å². The standard InChI is InChI=1S/C14H21NO.ClH/c1-12(16)14(2,3)11-15(4)10-13-8-6-5-7-9-13;/h5-9H,10-11H2,1-4H3;1H. The number of rotatable bonds is 5. The highest BCUT2D eigenvalue weighted by Gasteiger charge is 2.25. The highest BCUT2D eigenvalue weighted by atomic mass is 35.5. The number of hydrogen-bond acceptors (Lipinski definition) is 2. The van der Waals surface area contributed by atoms with Crippen LogP contribution in [0.2, 0.25) is 0 Å². The highest BCUT2D eigenvalue weighted by molar-refractivity contribution is 5.85. The van der Waals surface area contributed by atoms with Crippen molar-refractivity contribution in [2.75, 3.05) is 13.6 Å². The molecular formula is C14H22ClNO. The van der Waals surface area contributed by atoms with Crippen molar-refractivity contribution < 1.29 is 4.79 Å². The Hall–Kier alpha value is -0.860. The van der Waals surface area contributed by atoms with Crippen LogP contribution in [0, 0.1) is 5.41 Å². The molecule has 1 aromatic rings. The van der Waals surface area contributed by atoms with E-state index in [1.54, 1.807) is 6.92 Å². The lowest BCUT2D eigenvalue weighted by Crippen LogP contribution is -2.35. The Morgan fingerprint density at radius 1 is 1.24 bits per heavy atom. The second-order valence-corrected chi connectivity index (χ2v) is 5.10. The first-order valence-electron chi connectivity index (χ1n) is 5.65. The molecule has 0 bridgehead atoms. The fraction of sp³-hybridized carbons (Fsp3) is 0.500. The Bertz CT molecular complexity index is 348. The Labute approximate surface area is 110 Å². The first-order valence-corrected chi connectivity index (χ1v) is 5.65. The van der Waals surface area contributed by atoms with Gasteiger partial charge in [-0.25, -0.2) is 0 Å². The molecule has 0 radical (unpaired) electrons. The third-order valence-corrected chi connectivity index (χ3v) is 2.91. The molecule has 0 saturated heterocycles. The molecule has 0 aliphatic carbocycles. The monoisotopic (exact) mass is 255 g/mol. The topological polar surface area (TPSA) is 20.3 Å². The van der Waals surface area contributed by atoms with Gasteiger partial charge in [0, 0.05) is 18.5 Å². The van der Waals surface area contributed by atoms with E-state index in [0.717, 1.165) is 13.1 Å². The van der Waals surface area contributed by atoms with Crippen molar-refractivity contribution >= 4 is 18.2 Å². The second-order valence-electron chi connectivity index (χ2n) is 5.10. The van der Waals surface area contributed by atoms with E-state index < -0.39 is 0 Å². The number of carbonyl (C=O) groups is 1. The summed E-state index contributed by atoms with van der Waals surface area (Å²) in [7, 11) is 2.05. The average molecular weight is 256 g/mol. The summed E-state index contributed by atoms with van der Waals surface area (Å²) < 4.78 is 0. The highest BCUT2D eigenvalue weighted by Crippen LogP contribution is 2.18. The lowest BCUT2D eigenvalue weighted by molar-refractivity contribution is -0.125.